The molecule has 2 fully saturated rings. The van der Waals surface area contributed by atoms with Crippen LogP contribution in [0.15, 0.2) is 30.3 Å². The molecular formula is C19H24O8. The standard InChI is InChI=1S/C19H24O8/c1-2-3-9-24-18(22)19(23)10-13-15(20)16(27-19)14(26-13)11-25-17(21)12-7-5-4-6-8-12/h4-8,13-16,20,23H,2-3,9-11H2,1H3/t13-,14-,15+,16-,19-/m1/s1. The number of esters is 2. The van der Waals surface area contributed by atoms with Crippen molar-refractivity contribution >= 4 is 11.9 Å². The molecule has 0 saturated carbocycles. The summed E-state index contributed by atoms with van der Waals surface area (Å²) < 4.78 is 21.3. The lowest BCUT2D eigenvalue weighted by Crippen LogP contribution is -2.56. The second kappa shape index (κ2) is 8.35. The Morgan fingerprint density at radius 1 is 1.26 bits per heavy atom. The minimum Gasteiger partial charge on any atom is -0.462 e. The van der Waals surface area contributed by atoms with Gasteiger partial charge in [-0.25, -0.2) is 9.59 Å². The fraction of sp³-hybridized carbons (Fsp3) is 0.579. The highest BCUT2D eigenvalue weighted by molar-refractivity contribution is 5.89. The topological polar surface area (TPSA) is 112 Å². The summed E-state index contributed by atoms with van der Waals surface area (Å²) in [5.74, 6) is -3.62. The minimum atomic E-state index is -2.18. The maximum atomic E-state index is 12.2. The van der Waals surface area contributed by atoms with Crippen LogP contribution in [0.3, 0.4) is 0 Å². The molecule has 2 bridgehead atoms. The van der Waals surface area contributed by atoms with Gasteiger partial charge in [0.25, 0.3) is 5.79 Å². The molecule has 1 aromatic rings. The van der Waals surface area contributed by atoms with E-state index in [1.165, 1.54) is 0 Å². The second-order valence-electron chi connectivity index (χ2n) is 6.73. The highest BCUT2D eigenvalue weighted by Gasteiger charge is 2.59. The maximum Gasteiger partial charge on any atom is 0.366 e. The number of fused-ring (bicyclic) bond motifs is 2. The van der Waals surface area contributed by atoms with Crippen LogP contribution in [0.25, 0.3) is 0 Å². The van der Waals surface area contributed by atoms with Crippen molar-refractivity contribution in [3.8, 4) is 0 Å². The van der Waals surface area contributed by atoms with Gasteiger partial charge < -0.3 is 29.2 Å². The number of hydrogen-bond donors (Lipinski definition) is 2. The first-order valence-electron chi connectivity index (χ1n) is 9.07. The van der Waals surface area contributed by atoms with Gasteiger partial charge in [-0.05, 0) is 18.6 Å². The van der Waals surface area contributed by atoms with Gasteiger partial charge in [-0.1, -0.05) is 31.5 Å². The average molecular weight is 380 g/mol. The van der Waals surface area contributed by atoms with Crippen LogP contribution in [-0.2, 0) is 23.7 Å². The lowest BCUT2D eigenvalue weighted by Gasteiger charge is -2.36. The van der Waals surface area contributed by atoms with Crippen molar-refractivity contribution in [2.75, 3.05) is 13.2 Å². The molecule has 2 aliphatic heterocycles. The molecule has 8 nitrogen and oxygen atoms in total. The van der Waals surface area contributed by atoms with Crippen LogP contribution in [0.4, 0.5) is 0 Å². The largest absolute Gasteiger partial charge is 0.462 e. The van der Waals surface area contributed by atoms with Crippen LogP contribution in [0.1, 0.15) is 36.5 Å². The predicted octanol–water partition coefficient (Wildman–Crippen LogP) is 0.792. The molecule has 3 rings (SSSR count). The fourth-order valence-electron chi connectivity index (χ4n) is 3.18. The highest BCUT2D eigenvalue weighted by Crippen LogP contribution is 2.38. The van der Waals surface area contributed by atoms with E-state index in [1.54, 1.807) is 30.3 Å². The van der Waals surface area contributed by atoms with Gasteiger partial charge in [0, 0.05) is 6.42 Å². The van der Waals surface area contributed by atoms with E-state index in [0.29, 0.717) is 12.0 Å². The van der Waals surface area contributed by atoms with Gasteiger partial charge >= 0.3 is 11.9 Å². The number of ether oxygens (including phenoxy) is 4. The Morgan fingerprint density at radius 2 is 2.00 bits per heavy atom. The quantitative estimate of drug-likeness (QED) is 0.528. The van der Waals surface area contributed by atoms with E-state index in [-0.39, 0.29) is 19.6 Å². The molecule has 2 aliphatic rings. The van der Waals surface area contributed by atoms with E-state index in [0.717, 1.165) is 6.42 Å². The van der Waals surface area contributed by atoms with Crippen molar-refractivity contribution in [1.82, 2.24) is 0 Å². The molecule has 0 aliphatic carbocycles. The number of hydrogen-bond acceptors (Lipinski definition) is 8. The zero-order valence-corrected chi connectivity index (χ0v) is 15.1. The fourth-order valence-corrected chi connectivity index (χ4v) is 3.18. The summed E-state index contributed by atoms with van der Waals surface area (Å²) in [6, 6.07) is 8.45. The Labute approximate surface area is 157 Å². The van der Waals surface area contributed by atoms with Crippen molar-refractivity contribution in [1.29, 1.82) is 0 Å². The van der Waals surface area contributed by atoms with E-state index in [1.807, 2.05) is 6.92 Å². The number of aliphatic hydroxyl groups excluding tert-OH is 1. The summed E-state index contributed by atoms with van der Waals surface area (Å²) in [7, 11) is 0. The predicted molar refractivity (Wildman–Crippen MR) is 91.7 cm³/mol. The number of unbranched alkanes of at least 4 members (excludes halogenated alkanes) is 1. The molecule has 0 unspecified atom stereocenters. The van der Waals surface area contributed by atoms with Gasteiger partial charge in [0.05, 0.1) is 18.3 Å². The first kappa shape index (κ1) is 19.8. The summed E-state index contributed by atoms with van der Waals surface area (Å²) >= 11 is 0. The molecule has 0 amide bonds. The summed E-state index contributed by atoms with van der Waals surface area (Å²) in [4.78, 5) is 24.2. The molecule has 1 aromatic carbocycles. The van der Waals surface area contributed by atoms with Crippen LogP contribution >= 0.6 is 0 Å². The first-order valence-corrected chi connectivity index (χ1v) is 9.07. The van der Waals surface area contributed by atoms with Gasteiger partial charge in [0.1, 0.15) is 24.9 Å². The Kier molecular flexibility index (Phi) is 6.11. The van der Waals surface area contributed by atoms with Gasteiger partial charge in [-0.2, -0.15) is 0 Å². The number of benzene rings is 1. The van der Waals surface area contributed by atoms with E-state index in [9.17, 15) is 19.8 Å². The lowest BCUT2D eigenvalue weighted by atomic mass is 9.96. The zero-order chi connectivity index (χ0) is 19.4. The van der Waals surface area contributed by atoms with Gasteiger partial charge in [-0.3, -0.25) is 0 Å². The van der Waals surface area contributed by atoms with Crippen LogP contribution in [0.5, 0.6) is 0 Å². The monoisotopic (exact) mass is 380 g/mol. The minimum absolute atomic E-state index is 0.174. The zero-order valence-electron chi connectivity index (χ0n) is 15.1. The van der Waals surface area contributed by atoms with Crippen molar-refractivity contribution < 1.29 is 38.7 Å². The Bertz CT molecular complexity index is 663. The highest BCUT2D eigenvalue weighted by atomic mass is 16.7. The van der Waals surface area contributed by atoms with Gasteiger partial charge in [0.15, 0.2) is 0 Å². The molecule has 2 N–H and O–H groups in total. The van der Waals surface area contributed by atoms with Crippen molar-refractivity contribution in [2.45, 2.75) is 56.4 Å². The lowest BCUT2D eigenvalue weighted by molar-refractivity contribution is -0.272. The van der Waals surface area contributed by atoms with Crippen LogP contribution in [-0.4, -0.2) is 65.6 Å². The summed E-state index contributed by atoms with van der Waals surface area (Å²) in [5.41, 5.74) is 0.385. The van der Waals surface area contributed by atoms with E-state index < -0.39 is 42.1 Å². The Balaban J connectivity index is 1.59. The molecule has 0 spiro atoms. The Morgan fingerprint density at radius 3 is 2.70 bits per heavy atom. The molecule has 0 aromatic heterocycles. The number of carbonyl (C=O) groups excluding carboxylic acids is 2. The SMILES string of the molecule is CCCCOC(=O)[C@@]1(O)C[C@H]2O[C@H](COC(=O)c3ccccc3)[C@@H](O1)[C@H]2O. The molecule has 8 heteroatoms. The summed E-state index contributed by atoms with van der Waals surface area (Å²) in [5, 5.41) is 20.8. The molecule has 0 radical (unpaired) electrons. The summed E-state index contributed by atoms with van der Waals surface area (Å²) in [6.07, 6.45) is -2.38. The molecule has 148 valence electrons. The summed E-state index contributed by atoms with van der Waals surface area (Å²) in [6.45, 7) is 1.95. The molecule has 2 heterocycles. The number of carbonyl (C=O) groups is 2. The van der Waals surface area contributed by atoms with Crippen LogP contribution in [0.2, 0.25) is 0 Å². The third kappa shape index (κ3) is 4.30. The molecule has 5 atom stereocenters. The van der Waals surface area contributed by atoms with Crippen molar-refractivity contribution in [3.05, 3.63) is 35.9 Å². The Hall–Kier alpha value is -2.00. The maximum absolute atomic E-state index is 12.2. The molecule has 27 heavy (non-hydrogen) atoms. The van der Waals surface area contributed by atoms with E-state index in [4.69, 9.17) is 18.9 Å². The van der Waals surface area contributed by atoms with Gasteiger partial charge in [0.2, 0.25) is 0 Å². The average Bonchev–Trinajstić information content (AvgIpc) is 2.85. The normalized spacial score (nSPS) is 32.1. The van der Waals surface area contributed by atoms with Crippen LogP contribution < -0.4 is 0 Å². The number of rotatable bonds is 7. The van der Waals surface area contributed by atoms with Crippen molar-refractivity contribution in [2.24, 2.45) is 0 Å². The molecular weight excluding hydrogens is 356 g/mol. The van der Waals surface area contributed by atoms with Crippen molar-refractivity contribution in [3.63, 3.8) is 0 Å². The third-order valence-electron chi connectivity index (χ3n) is 4.68. The molecule has 2 saturated heterocycles. The van der Waals surface area contributed by atoms with E-state index >= 15 is 0 Å². The smallest absolute Gasteiger partial charge is 0.366 e. The first-order chi connectivity index (χ1) is 12.9. The van der Waals surface area contributed by atoms with Gasteiger partial charge in [-0.15, -0.1) is 0 Å². The third-order valence-corrected chi connectivity index (χ3v) is 4.68. The van der Waals surface area contributed by atoms with E-state index in [2.05, 4.69) is 0 Å². The van der Waals surface area contributed by atoms with Crippen LogP contribution in [0, 0.1) is 0 Å². The second-order valence-corrected chi connectivity index (χ2v) is 6.73. The number of aliphatic hydroxyl groups is 2.